The molecule has 0 aliphatic heterocycles. The van der Waals surface area contributed by atoms with Gasteiger partial charge in [-0.25, -0.2) is 0 Å². The molecule has 19 heavy (non-hydrogen) atoms. The average molecular weight is 274 g/mol. The average Bonchev–Trinajstić information content (AvgIpc) is 2.85. The van der Waals surface area contributed by atoms with Crippen LogP contribution in [0.15, 0.2) is 35.7 Å². The number of hydrogen-bond acceptors (Lipinski definition) is 3. The molecule has 0 bridgehead atoms. The smallest absolute Gasteiger partial charge is 0.203 e. The molecule has 2 aromatic rings. The predicted molar refractivity (Wildman–Crippen MR) is 79.3 cm³/mol. The molecule has 1 heterocycles. The summed E-state index contributed by atoms with van der Waals surface area (Å²) in [5.74, 6) is 0.917. The van der Waals surface area contributed by atoms with E-state index < -0.39 is 0 Å². The maximum Gasteiger partial charge on any atom is 0.203 e. The van der Waals surface area contributed by atoms with Crippen LogP contribution in [0.5, 0.6) is 5.75 Å². The van der Waals surface area contributed by atoms with Gasteiger partial charge < -0.3 is 4.74 Å². The molecule has 0 saturated carbocycles. The number of unbranched alkanes of at least 4 members (excludes halogenated alkanes) is 1. The van der Waals surface area contributed by atoms with Crippen LogP contribution in [0.2, 0.25) is 0 Å². The van der Waals surface area contributed by atoms with Crippen molar-refractivity contribution < 1.29 is 9.53 Å². The van der Waals surface area contributed by atoms with Crippen LogP contribution in [-0.2, 0) is 0 Å². The van der Waals surface area contributed by atoms with Gasteiger partial charge in [0.15, 0.2) is 0 Å². The van der Waals surface area contributed by atoms with Gasteiger partial charge in [0.2, 0.25) is 5.78 Å². The first-order chi connectivity index (χ1) is 9.22. The van der Waals surface area contributed by atoms with Crippen molar-refractivity contribution in [1.29, 1.82) is 0 Å². The zero-order chi connectivity index (χ0) is 13.7. The van der Waals surface area contributed by atoms with Gasteiger partial charge in [0.25, 0.3) is 0 Å². The van der Waals surface area contributed by atoms with Crippen molar-refractivity contribution in [2.24, 2.45) is 0 Å². The van der Waals surface area contributed by atoms with Crippen molar-refractivity contribution in [3.8, 4) is 5.75 Å². The SMILES string of the molecule is CCCCOc1ccc(C(=O)c2sccc2C)cc1. The summed E-state index contributed by atoms with van der Waals surface area (Å²) < 4.78 is 5.59. The molecular weight excluding hydrogens is 256 g/mol. The summed E-state index contributed by atoms with van der Waals surface area (Å²) in [6.07, 6.45) is 2.17. The number of ether oxygens (including phenoxy) is 1. The zero-order valence-electron chi connectivity index (χ0n) is 11.3. The van der Waals surface area contributed by atoms with Gasteiger partial charge in [-0.2, -0.15) is 0 Å². The number of benzene rings is 1. The van der Waals surface area contributed by atoms with E-state index in [1.165, 1.54) is 11.3 Å². The highest BCUT2D eigenvalue weighted by Gasteiger charge is 2.12. The van der Waals surface area contributed by atoms with Gasteiger partial charge >= 0.3 is 0 Å². The predicted octanol–water partition coefficient (Wildman–Crippen LogP) is 4.47. The standard InChI is InChI=1S/C16H18O2S/c1-3-4-10-18-14-7-5-13(6-8-14)15(17)16-12(2)9-11-19-16/h5-9,11H,3-4,10H2,1-2H3. The molecular formula is C16H18O2S. The minimum atomic E-state index is 0.0904. The molecule has 0 spiro atoms. The Morgan fingerprint density at radius 3 is 2.53 bits per heavy atom. The summed E-state index contributed by atoms with van der Waals surface area (Å²) in [7, 11) is 0. The molecule has 2 rings (SSSR count). The van der Waals surface area contributed by atoms with Crippen LogP contribution in [0.25, 0.3) is 0 Å². The summed E-state index contributed by atoms with van der Waals surface area (Å²) in [6, 6.07) is 9.38. The number of rotatable bonds is 6. The monoisotopic (exact) mass is 274 g/mol. The van der Waals surface area contributed by atoms with Gasteiger partial charge in [0.1, 0.15) is 5.75 Å². The number of thiophene rings is 1. The molecule has 0 radical (unpaired) electrons. The van der Waals surface area contributed by atoms with Gasteiger partial charge in [-0.3, -0.25) is 4.79 Å². The normalized spacial score (nSPS) is 10.4. The topological polar surface area (TPSA) is 26.3 Å². The maximum atomic E-state index is 12.3. The molecule has 0 aliphatic carbocycles. The van der Waals surface area contributed by atoms with Gasteiger partial charge in [-0.1, -0.05) is 13.3 Å². The minimum Gasteiger partial charge on any atom is -0.494 e. The molecule has 100 valence electrons. The van der Waals surface area contributed by atoms with Gasteiger partial charge in [-0.15, -0.1) is 11.3 Å². The number of ketones is 1. The third-order valence-electron chi connectivity index (χ3n) is 2.95. The molecule has 1 aromatic heterocycles. The van der Waals surface area contributed by atoms with Crippen molar-refractivity contribution in [2.75, 3.05) is 6.61 Å². The molecule has 1 aromatic carbocycles. The van der Waals surface area contributed by atoms with Crippen molar-refractivity contribution in [1.82, 2.24) is 0 Å². The molecule has 2 nitrogen and oxygen atoms in total. The third-order valence-corrected chi connectivity index (χ3v) is 3.97. The van der Waals surface area contributed by atoms with Gasteiger partial charge in [-0.05, 0) is 54.6 Å². The highest BCUT2D eigenvalue weighted by Crippen LogP contribution is 2.21. The molecule has 0 unspecified atom stereocenters. The van der Waals surface area contributed by atoms with Crippen LogP contribution in [-0.4, -0.2) is 12.4 Å². The Morgan fingerprint density at radius 2 is 1.95 bits per heavy atom. The number of hydrogen-bond donors (Lipinski definition) is 0. The maximum absolute atomic E-state index is 12.3. The van der Waals surface area contributed by atoms with Crippen LogP contribution in [0.4, 0.5) is 0 Å². The Morgan fingerprint density at radius 1 is 1.21 bits per heavy atom. The number of carbonyl (C=O) groups is 1. The highest BCUT2D eigenvalue weighted by molar-refractivity contribution is 7.12. The van der Waals surface area contributed by atoms with E-state index in [4.69, 9.17) is 4.74 Å². The minimum absolute atomic E-state index is 0.0904. The van der Waals surface area contributed by atoms with Crippen molar-refractivity contribution >= 4 is 17.1 Å². The molecule has 0 N–H and O–H groups in total. The Bertz CT molecular complexity index is 540. The number of carbonyl (C=O) groups excluding carboxylic acids is 1. The summed E-state index contributed by atoms with van der Waals surface area (Å²) in [5, 5.41) is 1.95. The van der Waals surface area contributed by atoms with E-state index in [1.807, 2.05) is 42.6 Å². The fraction of sp³-hybridized carbons (Fsp3) is 0.312. The molecule has 0 atom stereocenters. The van der Waals surface area contributed by atoms with Crippen LogP contribution in [0.3, 0.4) is 0 Å². The summed E-state index contributed by atoms with van der Waals surface area (Å²) in [5.41, 5.74) is 1.76. The lowest BCUT2D eigenvalue weighted by Crippen LogP contribution is -2.01. The second-order valence-electron chi connectivity index (χ2n) is 4.49. The first-order valence-electron chi connectivity index (χ1n) is 6.54. The fourth-order valence-corrected chi connectivity index (χ4v) is 2.66. The van der Waals surface area contributed by atoms with Crippen molar-refractivity contribution in [3.63, 3.8) is 0 Å². The molecule has 0 saturated heterocycles. The quantitative estimate of drug-likeness (QED) is 0.574. The Labute approximate surface area is 118 Å². The number of aryl methyl sites for hydroxylation is 1. The lowest BCUT2D eigenvalue weighted by Gasteiger charge is -2.06. The van der Waals surface area contributed by atoms with Gasteiger partial charge in [0.05, 0.1) is 11.5 Å². The first-order valence-corrected chi connectivity index (χ1v) is 7.42. The summed E-state index contributed by atoms with van der Waals surface area (Å²) in [4.78, 5) is 13.1. The Balaban J connectivity index is 2.06. The van der Waals surface area contributed by atoms with Crippen LogP contribution >= 0.6 is 11.3 Å². The van der Waals surface area contributed by atoms with E-state index in [0.717, 1.165) is 35.6 Å². The fourth-order valence-electron chi connectivity index (χ4n) is 1.77. The van der Waals surface area contributed by atoms with E-state index in [-0.39, 0.29) is 5.78 Å². The van der Waals surface area contributed by atoms with E-state index >= 15 is 0 Å². The largest absolute Gasteiger partial charge is 0.494 e. The van der Waals surface area contributed by atoms with Crippen LogP contribution < -0.4 is 4.74 Å². The van der Waals surface area contributed by atoms with Crippen LogP contribution in [0.1, 0.15) is 40.6 Å². The first kappa shape index (κ1) is 13.8. The van der Waals surface area contributed by atoms with E-state index in [2.05, 4.69) is 6.92 Å². The molecule has 3 heteroatoms. The Kier molecular flexibility index (Phi) is 4.74. The summed E-state index contributed by atoms with van der Waals surface area (Å²) in [6.45, 7) is 4.83. The highest BCUT2D eigenvalue weighted by atomic mass is 32.1. The van der Waals surface area contributed by atoms with Crippen molar-refractivity contribution in [2.45, 2.75) is 26.7 Å². The third kappa shape index (κ3) is 3.44. The lowest BCUT2D eigenvalue weighted by atomic mass is 10.1. The van der Waals surface area contributed by atoms with E-state index in [0.29, 0.717) is 5.56 Å². The van der Waals surface area contributed by atoms with E-state index in [1.54, 1.807) is 0 Å². The zero-order valence-corrected chi connectivity index (χ0v) is 12.1. The molecule has 0 amide bonds. The second-order valence-corrected chi connectivity index (χ2v) is 5.40. The molecule has 0 fully saturated rings. The lowest BCUT2D eigenvalue weighted by molar-refractivity contribution is 0.104. The Hall–Kier alpha value is -1.61. The summed E-state index contributed by atoms with van der Waals surface area (Å²) >= 11 is 1.49. The van der Waals surface area contributed by atoms with Crippen LogP contribution in [0, 0.1) is 6.92 Å². The second kappa shape index (κ2) is 6.53. The van der Waals surface area contributed by atoms with Crippen molar-refractivity contribution in [3.05, 3.63) is 51.7 Å². The van der Waals surface area contributed by atoms with Gasteiger partial charge in [0, 0.05) is 5.56 Å². The van der Waals surface area contributed by atoms with E-state index in [9.17, 15) is 4.79 Å². The molecule has 0 aliphatic rings.